The van der Waals surface area contributed by atoms with Crippen molar-refractivity contribution >= 4 is 31.2 Å². The molecule has 1 aliphatic rings. The van der Waals surface area contributed by atoms with Crippen molar-refractivity contribution in [3.8, 4) is 0 Å². The van der Waals surface area contributed by atoms with Crippen molar-refractivity contribution in [2.75, 3.05) is 24.6 Å². The van der Waals surface area contributed by atoms with Crippen LogP contribution in [0.15, 0.2) is 10.3 Å². The second-order valence-electron chi connectivity index (χ2n) is 4.79. The average Bonchev–Trinajstić information content (AvgIpc) is 2.64. The third-order valence-corrected chi connectivity index (χ3v) is 8.61. The fourth-order valence-electron chi connectivity index (χ4n) is 2.10. The molecular weight excluding hydrogens is 320 g/mol. The zero-order valence-electron chi connectivity index (χ0n) is 11.2. The first-order chi connectivity index (χ1) is 9.26. The van der Waals surface area contributed by atoms with E-state index in [0.29, 0.717) is 13.0 Å². The minimum Gasteiger partial charge on any atom is -0.326 e. The van der Waals surface area contributed by atoms with Crippen molar-refractivity contribution in [1.29, 1.82) is 0 Å². The maximum atomic E-state index is 12.5. The van der Waals surface area contributed by atoms with Gasteiger partial charge in [0.15, 0.2) is 9.84 Å². The van der Waals surface area contributed by atoms with Crippen molar-refractivity contribution in [2.45, 2.75) is 24.1 Å². The van der Waals surface area contributed by atoms with E-state index < -0.39 is 19.9 Å². The van der Waals surface area contributed by atoms with Crippen molar-refractivity contribution in [2.24, 2.45) is 5.73 Å². The Kier molecular flexibility index (Phi) is 4.55. The summed E-state index contributed by atoms with van der Waals surface area (Å²) in [6.45, 7) is 2.40. The average molecular weight is 338 g/mol. The number of rotatable bonds is 3. The maximum Gasteiger partial charge on any atom is 0.252 e. The van der Waals surface area contributed by atoms with Gasteiger partial charge in [-0.25, -0.2) is 16.8 Å². The highest BCUT2D eigenvalue weighted by atomic mass is 32.2. The normalized spacial score (nSPS) is 20.7. The molecule has 1 aromatic rings. The van der Waals surface area contributed by atoms with Crippen LogP contribution in [0.1, 0.15) is 16.9 Å². The number of hydrogen-bond acceptors (Lipinski definition) is 6. The highest BCUT2D eigenvalue weighted by Crippen LogP contribution is 2.28. The predicted molar refractivity (Wildman–Crippen MR) is 79.0 cm³/mol. The zero-order valence-corrected chi connectivity index (χ0v) is 13.7. The second-order valence-corrected chi connectivity index (χ2v) is 10.4. The minimum atomic E-state index is -3.62. The molecule has 9 heteroatoms. The summed E-state index contributed by atoms with van der Waals surface area (Å²) in [4.78, 5) is 0.839. The number of thiophene rings is 1. The van der Waals surface area contributed by atoms with Crippen LogP contribution in [0.5, 0.6) is 0 Å². The molecule has 0 spiro atoms. The molecule has 114 valence electrons. The zero-order chi connectivity index (χ0) is 15.0. The number of hydrogen-bond donors (Lipinski definition) is 1. The molecule has 0 radical (unpaired) electrons. The van der Waals surface area contributed by atoms with Crippen LogP contribution >= 0.6 is 11.3 Å². The van der Waals surface area contributed by atoms with Gasteiger partial charge in [0.1, 0.15) is 4.21 Å². The first-order valence-electron chi connectivity index (χ1n) is 6.26. The Balaban J connectivity index is 2.30. The predicted octanol–water partition coefficient (Wildman–Crippen LogP) is 0.324. The number of sulfone groups is 1. The number of sulfonamides is 1. The van der Waals surface area contributed by atoms with Gasteiger partial charge in [0.2, 0.25) is 0 Å². The number of nitrogens with zero attached hydrogens (tertiary/aromatic N) is 1. The summed E-state index contributed by atoms with van der Waals surface area (Å²) in [5, 5.41) is 0. The van der Waals surface area contributed by atoms with Gasteiger partial charge in [0.05, 0.1) is 11.5 Å². The second kappa shape index (κ2) is 5.72. The highest BCUT2D eigenvalue weighted by Gasteiger charge is 2.30. The first kappa shape index (κ1) is 15.9. The quantitative estimate of drug-likeness (QED) is 0.856. The SMILES string of the molecule is Cc1cc(S(=O)(=O)N2CCCS(=O)(=O)CC2)sc1CN. The van der Waals surface area contributed by atoms with Crippen LogP contribution in [0.2, 0.25) is 0 Å². The van der Waals surface area contributed by atoms with E-state index in [-0.39, 0.29) is 28.8 Å². The summed E-state index contributed by atoms with van der Waals surface area (Å²) in [5.74, 6) is -0.0587. The molecular formula is C11H18N2O4S3. The van der Waals surface area contributed by atoms with Crippen molar-refractivity contribution in [3.63, 3.8) is 0 Å². The summed E-state index contributed by atoms with van der Waals surface area (Å²) >= 11 is 1.16. The fraction of sp³-hybridized carbons (Fsp3) is 0.636. The topological polar surface area (TPSA) is 97.5 Å². The van der Waals surface area contributed by atoms with E-state index in [1.54, 1.807) is 6.07 Å². The van der Waals surface area contributed by atoms with E-state index in [9.17, 15) is 16.8 Å². The molecule has 1 saturated heterocycles. The van der Waals surface area contributed by atoms with Gasteiger partial charge in [-0.15, -0.1) is 11.3 Å². The van der Waals surface area contributed by atoms with Crippen LogP contribution in [-0.2, 0) is 26.4 Å². The lowest BCUT2D eigenvalue weighted by molar-refractivity contribution is 0.436. The molecule has 0 aliphatic carbocycles. The van der Waals surface area contributed by atoms with Crippen LogP contribution < -0.4 is 5.73 Å². The molecule has 1 fully saturated rings. The molecule has 0 saturated carbocycles. The largest absolute Gasteiger partial charge is 0.326 e. The van der Waals surface area contributed by atoms with Crippen LogP contribution in [0.3, 0.4) is 0 Å². The Morgan fingerprint density at radius 3 is 2.65 bits per heavy atom. The molecule has 0 aromatic carbocycles. The first-order valence-corrected chi connectivity index (χ1v) is 10.3. The lowest BCUT2D eigenvalue weighted by Crippen LogP contribution is -2.33. The van der Waals surface area contributed by atoms with Crippen molar-refractivity contribution in [3.05, 3.63) is 16.5 Å². The van der Waals surface area contributed by atoms with Gasteiger partial charge in [0.25, 0.3) is 10.0 Å². The van der Waals surface area contributed by atoms with E-state index in [1.165, 1.54) is 4.31 Å². The Morgan fingerprint density at radius 2 is 2.05 bits per heavy atom. The van der Waals surface area contributed by atoms with E-state index >= 15 is 0 Å². The number of aryl methyl sites for hydroxylation is 1. The molecule has 0 unspecified atom stereocenters. The van der Waals surface area contributed by atoms with Gasteiger partial charge in [0, 0.05) is 24.5 Å². The van der Waals surface area contributed by atoms with Crippen LogP contribution in [0.4, 0.5) is 0 Å². The van der Waals surface area contributed by atoms with Gasteiger partial charge < -0.3 is 5.73 Å². The van der Waals surface area contributed by atoms with Gasteiger partial charge in [-0.3, -0.25) is 0 Å². The van der Waals surface area contributed by atoms with Crippen LogP contribution in [0, 0.1) is 6.92 Å². The Bertz CT molecular complexity index is 691. The van der Waals surface area contributed by atoms with Crippen molar-refractivity contribution < 1.29 is 16.8 Å². The third kappa shape index (κ3) is 3.22. The molecule has 0 atom stereocenters. The standard InChI is InChI=1S/C11H18N2O4S3/c1-9-7-11(18-10(9)8-12)20(16,17)13-3-2-5-19(14,15)6-4-13/h7H,2-6,8,12H2,1H3. The monoisotopic (exact) mass is 338 g/mol. The summed E-state index contributed by atoms with van der Waals surface area (Å²) in [7, 11) is -6.74. The Morgan fingerprint density at radius 1 is 1.35 bits per heavy atom. The molecule has 2 heterocycles. The molecule has 1 aromatic heterocycles. The lowest BCUT2D eigenvalue weighted by Gasteiger charge is -2.18. The summed E-state index contributed by atoms with van der Waals surface area (Å²) in [6.07, 6.45) is 0.343. The van der Waals surface area contributed by atoms with Crippen molar-refractivity contribution in [1.82, 2.24) is 4.31 Å². The number of nitrogens with two attached hydrogens (primary N) is 1. The van der Waals surface area contributed by atoms with Crippen LogP contribution in [0.25, 0.3) is 0 Å². The van der Waals surface area contributed by atoms with Crippen LogP contribution in [-0.4, -0.2) is 45.7 Å². The third-order valence-electron chi connectivity index (χ3n) is 3.29. The van der Waals surface area contributed by atoms with Gasteiger partial charge >= 0.3 is 0 Å². The summed E-state index contributed by atoms with van der Waals surface area (Å²) in [6, 6.07) is 1.61. The van der Waals surface area contributed by atoms with E-state index in [2.05, 4.69) is 0 Å². The van der Waals surface area contributed by atoms with Gasteiger partial charge in [-0.05, 0) is 25.0 Å². The molecule has 2 N–H and O–H groups in total. The smallest absolute Gasteiger partial charge is 0.252 e. The molecule has 2 rings (SSSR count). The van der Waals surface area contributed by atoms with E-state index in [0.717, 1.165) is 21.8 Å². The molecule has 20 heavy (non-hydrogen) atoms. The molecule has 1 aliphatic heterocycles. The minimum absolute atomic E-state index is 0.0274. The Labute approximate surface area is 123 Å². The summed E-state index contributed by atoms with van der Waals surface area (Å²) in [5.41, 5.74) is 6.43. The van der Waals surface area contributed by atoms with E-state index in [1.807, 2.05) is 6.92 Å². The van der Waals surface area contributed by atoms with Gasteiger partial charge in [-0.2, -0.15) is 4.31 Å². The highest BCUT2D eigenvalue weighted by molar-refractivity contribution is 7.92. The maximum absolute atomic E-state index is 12.5. The van der Waals surface area contributed by atoms with E-state index in [4.69, 9.17) is 5.73 Å². The fourth-order valence-corrected chi connectivity index (χ4v) is 6.59. The Hall–Kier alpha value is -0.480. The molecule has 0 bridgehead atoms. The molecule has 6 nitrogen and oxygen atoms in total. The lowest BCUT2D eigenvalue weighted by atomic mass is 10.3. The molecule has 0 amide bonds. The summed E-state index contributed by atoms with van der Waals surface area (Å²) < 4.78 is 49.7. The van der Waals surface area contributed by atoms with Gasteiger partial charge in [-0.1, -0.05) is 0 Å².